The Morgan fingerprint density at radius 1 is 1.37 bits per heavy atom. The zero-order chi connectivity index (χ0) is 13.8. The first-order valence-electron chi connectivity index (χ1n) is 5.94. The first kappa shape index (κ1) is 13.4. The van der Waals surface area contributed by atoms with E-state index in [1.807, 2.05) is 31.2 Å². The van der Waals surface area contributed by atoms with Crippen LogP contribution in [0, 0.1) is 19.3 Å². The molecule has 0 radical (unpaired) electrons. The van der Waals surface area contributed by atoms with E-state index in [9.17, 15) is 0 Å². The lowest BCUT2D eigenvalue weighted by Gasteiger charge is -2.12. The van der Waals surface area contributed by atoms with E-state index in [-0.39, 0.29) is 5.95 Å². The van der Waals surface area contributed by atoms with Gasteiger partial charge in [-0.3, -0.25) is 0 Å². The molecular formula is C15H14ClN3. The summed E-state index contributed by atoms with van der Waals surface area (Å²) in [5, 5.41) is 0.677. The number of rotatable bonds is 3. The van der Waals surface area contributed by atoms with Gasteiger partial charge >= 0.3 is 0 Å². The molecule has 3 nitrogen and oxygen atoms in total. The number of halogens is 1. The molecule has 1 aromatic carbocycles. The molecule has 0 unspecified atom stereocenters. The third kappa shape index (κ3) is 3.04. The maximum absolute atomic E-state index is 6.04. The van der Waals surface area contributed by atoms with Crippen LogP contribution in [-0.4, -0.2) is 9.97 Å². The van der Waals surface area contributed by atoms with E-state index in [0.717, 1.165) is 22.5 Å². The van der Waals surface area contributed by atoms with Crippen LogP contribution in [0.1, 0.15) is 17.8 Å². The maximum atomic E-state index is 6.04. The largest absolute Gasteiger partial charge is 0.368 e. The summed E-state index contributed by atoms with van der Waals surface area (Å²) in [6.45, 7) is 1.91. The second-order valence-electron chi connectivity index (χ2n) is 4.20. The molecule has 1 aromatic heterocycles. The molecular weight excluding hydrogens is 258 g/mol. The van der Waals surface area contributed by atoms with Crippen molar-refractivity contribution in [1.29, 1.82) is 0 Å². The van der Waals surface area contributed by atoms with E-state index in [4.69, 9.17) is 23.8 Å². The molecule has 2 aromatic rings. The number of benzene rings is 1. The summed E-state index contributed by atoms with van der Waals surface area (Å²) in [6, 6.07) is 7.61. The van der Waals surface area contributed by atoms with Gasteiger partial charge in [0.05, 0.1) is 11.4 Å². The van der Waals surface area contributed by atoms with Gasteiger partial charge in [-0.25, -0.2) is 9.97 Å². The van der Waals surface area contributed by atoms with E-state index in [1.165, 1.54) is 0 Å². The summed E-state index contributed by atoms with van der Waals surface area (Å²) in [7, 11) is 0. The molecule has 0 bridgehead atoms. The Kier molecular flexibility index (Phi) is 4.03. The summed E-state index contributed by atoms with van der Waals surface area (Å²) in [5.74, 6) is 2.89. The van der Waals surface area contributed by atoms with E-state index < -0.39 is 0 Å². The molecule has 19 heavy (non-hydrogen) atoms. The lowest BCUT2D eigenvalue weighted by Crippen LogP contribution is -2.05. The van der Waals surface area contributed by atoms with Crippen molar-refractivity contribution in [3.8, 4) is 23.5 Å². The van der Waals surface area contributed by atoms with Crippen molar-refractivity contribution < 1.29 is 0 Å². The number of aromatic nitrogens is 2. The zero-order valence-electron chi connectivity index (χ0n) is 10.7. The Hall–Kier alpha value is -2.05. The van der Waals surface area contributed by atoms with Crippen LogP contribution in [0.5, 0.6) is 0 Å². The summed E-state index contributed by atoms with van der Waals surface area (Å²) < 4.78 is 0. The third-order valence-corrected chi connectivity index (χ3v) is 3.04. The number of hydrogen-bond acceptors (Lipinski definition) is 3. The van der Waals surface area contributed by atoms with Crippen LogP contribution >= 0.6 is 11.6 Å². The van der Waals surface area contributed by atoms with Crippen LogP contribution in [0.25, 0.3) is 11.1 Å². The van der Waals surface area contributed by atoms with Gasteiger partial charge in [0.2, 0.25) is 5.95 Å². The van der Waals surface area contributed by atoms with Crippen LogP contribution < -0.4 is 5.73 Å². The third-order valence-electron chi connectivity index (χ3n) is 2.80. The number of nitrogens with zero attached hydrogens (tertiary/aromatic N) is 2. The highest BCUT2D eigenvalue weighted by Gasteiger charge is 2.12. The highest BCUT2D eigenvalue weighted by Crippen LogP contribution is 2.28. The van der Waals surface area contributed by atoms with E-state index in [2.05, 4.69) is 15.9 Å². The van der Waals surface area contributed by atoms with Gasteiger partial charge in [-0.1, -0.05) is 23.7 Å². The highest BCUT2D eigenvalue weighted by atomic mass is 35.5. The molecule has 0 saturated carbocycles. The van der Waals surface area contributed by atoms with Crippen molar-refractivity contribution in [2.45, 2.75) is 19.8 Å². The topological polar surface area (TPSA) is 51.8 Å². The SMILES string of the molecule is C#CCCc1nc(N)nc(C)c1-c1cccc(Cl)c1. The number of aryl methyl sites for hydroxylation is 2. The molecule has 4 heteroatoms. The molecule has 0 aliphatic carbocycles. The average molecular weight is 272 g/mol. The fourth-order valence-electron chi connectivity index (χ4n) is 2.05. The van der Waals surface area contributed by atoms with E-state index in [0.29, 0.717) is 17.9 Å². The lowest BCUT2D eigenvalue weighted by molar-refractivity contribution is 0.941. The smallest absolute Gasteiger partial charge is 0.220 e. The molecule has 0 aliphatic heterocycles. The minimum atomic E-state index is 0.273. The Morgan fingerprint density at radius 2 is 2.16 bits per heavy atom. The zero-order valence-corrected chi connectivity index (χ0v) is 11.4. The lowest BCUT2D eigenvalue weighted by atomic mass is 10.00. The molecule has 2 rings (SSSR count). The molecule has 0 fully saturated rings. The number of nitrogen functional groups attached to an aromatic ring is 1. The van der Waals surface area contributed by atoms with Crippen LogP contribution in [0.4, 0.5) is 5.95 Å². The number of anilines is 1. The molecule has 2 N–H and O–H groups in total. The molecule has 0 spiro atoms. The predicted octanol–water partition coefficient (Wildman–Crippen LogP) is 3.25. The Labute approximate surface area is 117 Å². The van der Waals surface area contributed by atoms with Crippen molar-refractivity contribution in [1.82, 2.24) is 9.97 Å². The summed E-state index contributed by atoms with van der Waals surface area (Å²) >= 11 is 6.04. The number of hydrogen-bond donors (Lipinski definition) is 1. The van der Waals surface area contributed by atoms with Crippen LogP contribution in [0.15, 0.2) is 24.3 Å². The van der Waals surface area contributed by atoms with Crippen molar-refractivity contribution >= 4 is 17.5 Å². The molecule has 0 amide bonds. The van der Waals surface area contributed by atoms with Crippen LogP contribution in [-0.2, 0) is 6.42 Å². The normalized spacial score (nSPS) is 10.2. The average Bonchev–Trinajstić information content (AvgIpc) is 2.35. The summed E-state index contributed by atoms with van der Waals surface area (Å²) in [5.41, 5.74) is 9.36. The van der Waals surface area contributed by atoms with Crippen LogP contribution in [0.3, 0.4) is 0 Å². The number of terminal acetylenes is 1. The second-order valence-corrected chi connectivity index (χ2v) is 4.64. The number of nitrogens with two attached hydrogens (primary N) is 1. The van der Waals surface area contributed by atoms with Crippen molar-refractivity contribution in [3.05, 3.63) is 40.7 Å². The second kappa shape index (κ2) is 5.73. The summed E-state index contributed by atoms with van der Waals surface area (Å²) in [4.78, 5) is 8.53. The first-order valence-corrected chi connectivity index (χ1v) is 6.32. The molecule has 0 saturated heterocycles. The fourth-order valence-corrected chi connectivity index (χ4v) is 2.24. The van der Waals surface area contributed by atoms with Crippen LogP contribution in [0.2, 0.25) is 5.02 Å². The van der Waals surface area contributed by atoms with Gasteiger partial charge in [-0.05, 0) is 24.6 Å². The van der Waals surface area contributed by atoms with E-state index >= 15 is 0 Å². The van der Waals surface area contributed by atoms with Gasteiger partial charge in [-0.2, -0.15) is 0 Å². The highest BCUT2D eigenvalue weighted by molar-refractivity contribution is 6.30. The van der Waals surface area contributed by atoms with E-state index in [1.54, 1.807) is 0 Å². The molecule has 0 aliphatic rings. The Bertz CT molecular complexity index is 644. The summed E-state index contributed by atoms with van der Waals surface area (Å²) in [6.07, 6.45) is 6.61. The van der Waals surface area contributed by atoms with Gasteiger partial charge in [0, 0.05) is 23.4 Å². The van der Waals surface area contributed by atoms with Crippen molar-refractivity contribution in [3.63, 3.8) is 0 Å². The predicted molar refractivity (Wildman–Crippen MR) is 78.8 cm³/mol. The van der Waals surface area contributed by atoms with Gasteiger partial charge in [0.25, 0.3) is 0 Å². The molecule has 96 valence electrons. The Morgan fingerprint density at radius 3 is 2.84 bits per heavy atom. The van der Waals surface area contributed by atoms with Crippen molar-refractivity contribution in [2.75, 3.05) is 5.73 Å². The van der Waals surface area contributed by atoms with Gasteiger partial charge in [0.15, 0.2) is 0 Å². The Balaban J connectivity index is 2.57. The molecule has 1 heterocycles. The minimum absolute atomic E-state index is 0.273. The standard InChI is InChI=1S/C15H14ClN3/c1-3-4-8-13-14(10(2)18-15(17)19-13)11-6-5-7-12(16)9-11/h1,5-7,9H,4,8H2,2H3,(H2,17,18,19). The van der Waals surface area contributed by atoms with Gasteiger partial charge in [-0.15, -0.1) is 12.3 Å². The first-order chi connectivity index (χ1) is 9.11. The fraction of sp³-hybridized carbons (Fsp3) is 0.200. The minimum Gasteiger partial charge on any atom is -0.368 e. The monoisotopic (exact) mass is 271 g/mol. The quantitative estimate of drug-likeness (QED) is 0.872. The molecule has 0 atom stereocenters. The van der Waals surface area contributed by atoms with Gasteiger partial charge < -0.3 is 5.73 Å². The van der Waals surface area contributed by atoms with Crippen molar-refractivity contribution in [2.24, 2.45) is 0 Å². The van der Waals surface area contributed by atoms with Gasteiger partial charge in [0.1, 0.15) is 0 Å². The maximum Gasteiger partial charge on any atom is 0.220 e.